The van der Waals surface area contributed by atoms with Gasteiger partial charge in [-0.25, -0.2) is 0 Å². The van der Waals surface area contributed by atoms with Crippen LogP contribution in [0, 0.1) is 5.92 Å². The van der Waals surface area contributed by atoms with Crippen LogP contribution in [-0.4, -0.2) is 36.7 Å². The van der Waals surface area contributed by atoms with Gasteiger partial charge in [0.1, 0.15) is 6.04 Å². The minimum Gasteiger partial charge on any atom is -0.344 e. The van der Waals surface area contributed by atoms with Crippen LogP contribution < -0.4 is 16.4 Å². The zero-order valence-electron chi connectivity index (χ0n) is 15.0. The monoisotopic (exact) mass is 346 g/mol. The molecule has 0 bridgehead atoms. The highest BCUT2D eigenvalue weighted by Gasteiger charge is 2.23. The number of carbonyl (C=O) groups is 2. The summed E-state index contributed by atoms with van der Waals surface area (Å²) in [7, 11) is 0. The first-order valence-corrected chi connectivity index (χ1v) is 8.67. The van der Waals surface area contributed by atoms with E-state index in [-0.39, 0.29) is 18.4 Å². The first kappa shape index (κ1) is 20.8. The molecule has 1 radical (unpaired) electrons. The third-order valence-electron chi connectivity index (χ3n) is 3.80. The van der Waals surface area contributed by atoms with Crippen molar-refractivity contribution in [3.8, 4) is 0 Å². The van der Waals surface area contributed by atoms with Crippen LogP contribution in [0.25, 0.3) is 0 Å². The molecule has 0 fully saturated rings. The van der Waals surface area contributed by atoms with E-state index >= 15 is 0 Å². The summed E-state index contributed by atoms with van der Waals surface area (Å²) >= 11 is 0. The lowest BCUT2D eigenvalue weighted by Gasteiger charge is -2.21. The smallest absolute Gasteiger partial charge is 0.243 e. The van der Waals surface area contributed by atoms with E-state index in [9.17, 15) is 14.4 Å². The highest BCUT2D eigenvalue weighted by molar-refractivity contribution is 5.89. The Bertz CT molecular complexity index is 546. The van der Waals surface area contributed by atoms with Crippen LogP contribution in [-0.2, 0) is 20.8 Å². The van der Waals surface area contributed by atoms with E-state index in [1.807, 2.05) is 50.5 Å². The number of aryl methyl sites for hydroxylation is 1. The van der Waals surface area contributed by atoms with Crippen molar-refractivity contribution in [3.05, 3.63) is 35.9 Å². The first-order chi connectivity index (χ1) is 12.0. The van der Waals surface area contributed by atoms with Gasteiger partial charge in [-0.3, -0.25) is 14.4 Å². The van der Waals surface area contributed by atoms with E-state index in [0.717, 1.165) is 12.8 Å². The number of rotatable bonds is 11. The molecule has 0 spiro atoms. The number of nitrogens with one attached hydrogen (secondary N) is 2. The molecule has 4 N–H and O–H groups in total. The van der Waals surface area contributed by atoms with E-state index in [1.165, 1.54) is 5.56 Å². The normalized spacial score (nSPS) is 13.1. The van der Waals surface area contributed by atoms with E-state index in [0.29, 0.717) is 12.8 Å². The summed E-state index contributed by atoms with van der Waals surface area (Å²) in [4.78, 5) is 35.0. The molecule has 1 aromatic rings. The fraction of sp³-hybridized carbons (Fsp3) is 0.526. The van der Waals surface area contributed by atoms with Crippen molar-refractivity contribution in [1.82, 2.24) is 10.6 Å². The molecule has 0 aliphatic rings. The highest BCUT2D eigenvalue weighted by Crippen LogP contribution is 2.08. The number of hydrogen-bond donors (Lipinski definition) is 3. The Morgan fingerprint density at radius 3 is 2.40 bits per heavy atom. The Balaban J connectivity index is 2.52. The zero-order chi connectivity index (χ0) is 18.7. The maximum Gasteiger partial charge on any atom is 0.243 e. The zero-order valence-corrected chi connectivity index (χ0v) is 15.0. The molecule has 0 aliphatic heterocycles. The molecular weight excluding hydrogens is 318 g/mol. The van der Waals surface area contributed by atoms with E-state index < -0.39 is 18.0 Å². The molecule has 0 heterocycles. The van der Waals surface area contributed by atoms with Gasteiger partial charge in [0.2, 0.25) is 18.1 Å². The molecule has 6 nitrogen and oxygen atoms in total. The van der Waals surface area contributed by atoms with Gasteiger partial charge in [-0.15, -0.1) is 0 Å². The van der Waals surface area contributed by atoms with Gasteiger partial charge in [-0.1, -0.05) is 44.2 Å². The number of nitrogens with two attached hydrogens (primary N) is 1. The number of benzene rings is 1. The molecule has 0 aliphatic carbocycles. The molecule has 0 saturated carbocycles. The van der Waals surface area contributed by atoms with Gasteiger partial charge in [0.05, 0.1) is 12.6 Å². The topological polar surface area (TPSA) is 101 Å². The lowest BCUT2D eigenvalue weighted by molar-refractivity contribution is -0.129. The van der Waals surface area contributed by atoms with Crippen molar-refractivity contribution in [2.45, 2.75) is 51.6 Å². The van der Waals surface area contributed by atoms with Gasteiger partial charge < -0.3 is 16.4 Å². The molecule has 2 amide bonds. The Labute approximate surface area is 149 Å². The summed E-state index contributed by atoms with van der Waals surface area (Å²) in [6.07, 6.45) is 4.44. The third kappa shape index (κ3) is 8.44. The molecule has 2 atom stereocenters. The van der Waals surface area contributed by atoms with Gasteiger partial charge in [0.15, 0.2) is 0 Å². The van der Waals surface area contributed by atoms with Crippen LogP contribution in [0.2, 0.25) is 0 Å². The quantitative estimate of drug-likeness (QED) is 0.558. The minimum absolute atomic E-state index is 0.178. The number of hydrogen-bond acceptors (Lipinski definition) is 4. The summed E-state index contributed by atoms with van der Waals surface area (Å²) in [6, 6.07) is 8.57. The summed E-state index contributed by atoms with van der Waals surface area (Å²) in [5, 5.41) is 5.27. The SMILES string of the molecule is CC(C)C[C@H](NC(=O)CN)C(=O)N[C@@H]([C]=O)CCCc1ccccc1. The maximum absolute atomic E-state index is 12.4. The molecule has 0 saturated heterocycles. The van der Waals surface area contributed by atoms with E-state index in [4.69, 9.17) is 5.73 Å². The van der Waals surface area contributed by atoms with Crippen LogP contribution in [0.15, 0.2) is 30.3 Å². The predicted molar refractivity (Wildman–Crippen MR) is 97.4 cm³/mol. The average Bonchev–Trinajstić information content (AvgIpc) is 2.60. The second kappa shape index (κ2) is 11.4. The number of carbonyl (C=O) groups excluding carboxylic acids is 3. The predicted octanol–water partition coefficient (Wildman–Crippen LogP) is 1.09. The summed E-state index contributed by atoms with van der Waals surface area (Å²) in [5.41, 5.74) is 6.48. The second-order valence-electron chi connectivity index (χ2n) is 6.51. The van der Waals surface area contributed by atoms with Gasteiger partial charge >= 0.3 is 0 Å². The van der Waals surface area contributed by atoms with E-state index in [2.05, 4.69) is 10.6 Å². The molecule has 1 rings (SSSR count). The van der Waals surface area contributed by atoms with E-state index in [1.54, 1.807) is 0 Å². The second-order valence-corrected chi connectivity index (χ2v) is 6.51. The fourth-order valence-corrected chi connectivity index (χ4v) is 2.54. The summed E-state index contributed by atoms with van der Waals surface area (Å²) in [6.45, 7) is 3.73. The van der Waals surface area contributed by atoms with Crippen LogP contribution in [0.4, 0.5) is 0 Å². The van der Waals surface area contributed by atoms with Crippen LogP contribution in [0.5, 0.6) is 0 Å². The highest BCUT2D eigenvalue weighted by atomic mass is 16.2. The molecule has 0 unspecified atom stereocenters. The standard InChI is InChI=1S/C19H28N3O3/c1-14(2)11-17(22-18(24)12-20)19(25)21-16(13-23)10-6-9-15-7-4-3-5-8-15/h3-5,7-8,14,16-17H,6,9-12,20H2,1-2H3,(H,21,25)(H,22,24)/t16-,17+/m1/s1. The summed E-state index contributed by atoms with van der Waals surface area (Å²) < 4.78 is 0. The lowest BCUT2D eigenvalue weighted by Crippen LogP contribution is -2.51. The van der Waals surface area contributed by atoms with Crippen molar-refractivity contribution in [3.63, 3.8) is 0 Å². The molecule has 6 heteroatoms. The Morgan fingerprint density at radius 1 is 1.16 bits per heavy atom. The first-order valence-electron chi connectivity index (χ1n) is 8.67. The van der Waals surface area contributed by atoms with Crippen molar-refractivity contribution in [2.75, 3.05) is 6.54 Å². The average molecular weight is 346 g/mol. The van der Waals surface area contributed by atoms with Crippen molar-refractivity contribution < 1.29 is 14.4 Å². The molecule has 0 aromatic heterocycles. The number of amides is 2. The van der Waals surface area contributed by atoms with Gasteiger partial charge in [0, 0.05) is 0 Å². The lowest BCUT2D eigenvalue weighted by atomic mass is 10.0. The molecule has 137 valence electrons. The minimum atomic E-state index is -0.693. The van der Waals surface area contributed by atoms with Crippen LogP contribution >= 0.6 is 0 Å². The molecular formula is C19H28N3O3. The Morgan fingerprint density at radius 2 is 1.84 bits per heavy atom. The van der Waals surface area contributed by atoms with Crippen LogP contribution in [0.3, 0.4) is 0 Å². The fourth-order valence-electron chi connectivity index (χ4n) is 2.54. The summed E-state index contributed by atoms with van der Waals surface area (Å²) in [5.74, 6) is -0.550. The third-order valence-corrected chi connectivity index (χ3v) is 3.80. The van der Waals surface area contributed by atoms with Crippen molar-refractivity contribution >= 4 is 18.1 Å². The van der Waals surface area contributed by atoms with Gasteiger partial charge in [-0.05, 0) is 37.2 Å². The van der Waals surface area contributed by atoms with Gasteiger partial charge in [0.25, 0.3) is 0 Å². The Hall–Kier alpha value is -2.21. The Kier molecular flexibility index (Phi) is 9.47. The van der Waals surface area contributed by atoms with Crippen LogP contribution in [0.1, 0.15) is 38.7 Å². The largest absolute Gasteiger partial charge is 0.344 e. The van der Waals surface area contributed by atoms with Gasteiger partial charge in [-0.2, -0.15) is 0 Å². The maximum atomic E-state index is 12.4. The van der Waals surface area contributed by atoms with Crippen molar-refractivity contribution in [1.29, 1.82) is 0 Å². The molecule has 25 heavy (non-hydrogen) atoms. The molecule has 1 aromatic carbocycles. The van der Waals surface area contributed by atoms with Crippen molar-refractivity contribution in [2.24, 2.45) is 11.7 Å².